The SMILES string of the molecule is O=Cc1c(Br)ncc(C(F)F)c1OC(F)(F)F. The number of alkyl halides is 5. The third-order valence-electron chi connectivity index (χ3n) is 1.62. The summed E-state index contributed by atoms with van der Waals surface area (Å²) >= 11 is 2.66. The van der Waals surface area contributed by atoms with Crippen LogP contribution in [-0.4, -0.2) is 17.6 Å². The lowest BCUT2D eigenvalue weighted by Gasteiger charge is -2.14. The fourth-order valence-corrected chi connectivity index (χ4v) is 1.37. The van der Waals surface area contributed by atoms with E-state index in [2.05, 4.69) is 25.7 Å². The van der Waals surface area contributed by atoms with E-state index in [1.807, 2.05) is 0 Å². The molecule has 9 heteroatoms. The van der Waals surface area contributed by atoms with Crippen LogP contribution in [-0.2, 0) is 0 Å². The molecule has 1 rings (SSSR count). The number of carbonyl (C=O) groups excluding carboxylic acids is 1. The maximum atomic E-state index is 12.4. The van der Waals surface area contributed by atoms with Crippen molar-refractivity contribution in [2.24, 2.45) is 0 Å². The van der Waals surface area contributed by atoms with Gasteiger partial charge in [-0.3, -0.25) is 4.79 Å². The molecule has 0 aliphatic rings. The van der Waals surface area contributed by atoms with E-state index < -0.39 is 29.7 Å². The van der Waals surface area contributed by atoms with Gasteiger partial charge in [0, 0.05) is 6.20 Å². The lowest BCUT2D eigenvalue weighted by Crippen LogP contribution is -2.19. The largest absolute Gasteiger partial charge is 0.573 e. The second-order valence-corrected chi connectivity index (χ2v) is 3.46. The van der Waals surface area contributed by atoms with Crippen molar-refractivity contribution in [2.75, 3.05) is 0 Å². The second kappa shape index (κ2) is 4.94. The standard InChI is InChI=1S/C8H3BrF5NO2/c9-6-4(2-16)5(17-8(12,13)14)3(1-15-6)7(10)11/h1-2,7H. The van der Waals surface area contributed by atoms with Gasteiger partial charge in [0.25, 0.3) is 6.43 Å². The molecule has 0 bridgehead atoms. The molecule has 0 saturated carbocycles. The number of pyridine rings is 1. The topological polar surface area (TPSA) is 39.2 Å². The Morgan fingerprint density at radius 2 is 2.00 bits per heavy atom. The van der Waals surface area contributed by atoms with Crippen molar-refractivity contribution in [1.29, 1.82) is 0 Å². The highest BCUT2D eigenvalue weighted by atomic mass is 79.9. The Hall–Kier alpha value is -1.25. The summed E-state index contributed by atoms with van der Waals surface area (Å²) in [5, 5.41) is 0. The van der Waals surface area contributed by atoms with Gasteiger partial charge in [0.15, 0.2) is 12.0 Å². The number of rotatable bonds is 3. The quantitative estimate of drug-likeness (QED) is 0.486. The van der Waals surface area contributed by atoms with Gasteiger partial charge in [0.2, 0.25) is 0 Å². The first-order valence-electron chi connectivity index (χ1n) is 3.93. The Morgan fingerprint density at radius 3 is 2.41 bits per heavy atom. The number of aromatic nitrogens is 1. The minimum absolute atomic E-state index is 0.0516. The van der Waals surface area contributed by atoms with Crippen LogP contribution in [0.25, 0.3) is 0 Å². The van der Waals surface area contributed by atoms with E-state index in [9.17, 15) is 26.7 Å². The lowest BCUT2D eigenvalue weighted by atomic mass is 10.2. The zero-order chi connectivity index (χ0) is 13.2. The lowest BCUT2D eigenvalue weighted by molar-refractivity contribution is -0.275. The summed E-state index contributed by atoms with van der Waals surface area (Å²) in [4.78, 5) is 13.9. The van der Waals surface area contributed by atoms with Crippen molar-refractivity contribution >= 4 is 22.2 Å². The molecule has 0 amide bonds. The molecule has 0 spiro atoms. The van der Waals surface area contributed by atoms with Crippen molar-refractivity contribution < 1.29 is 31.5 Å². The van der Waals surface area contributed by atoms with E-state index in [4.69, 9.17) is 0 Å². The number of nitrogens with zero attached hydrogens (tertiary/aromatic N) is 1. The Labute approximate surface area is 99.7 Å². The summed E-state index contributed by atoms with van der Waals surface area (Å²) < 4.78 is 64.0. The van der Waals surface area contributed by atoms with Crippen LogP contribution in [0.2, 0.25) is 0 Å². The van der Waals surface area contributed by atoms with Crippen molar-refractivity contribution in [3.8, 4) is 5.75 Å². The fraction of sp³-hybridized carbons (Fsp3) is 0.250. The Kier molecular flexibility index (Phi) is 4.02. The van der Waals surface area contributed by atoms with Crippen LogP contribution < -0.4 is 4.74 Å². The highest BCUT2D eigenvalue weighted by Gasteiger charge is 2.35. The second-order valence-electron chi connectivity index (χ2n) is 2.71. The first-order valence-corrected chi connectivity index (χ1v) is 4.73. The highest BCUT2D eigenvalue weighted by Crippen LogP contribution is 2.37. The van der Waals surface area contributed by atoms with Crippen molar-refractivity contribution in [2.45, 2.75) is 12.8 Å². The summed E-state index contributed by atoms with van der Waals surface area (Å²) in [7, 11) is 0. The summed E-state index contributed by atoms with van der Waals surface area (Å²) in [6.45, 7) is 0. The molecule has 3 nitrogen and oxygen atoms in total. The molecule has 0 aliphatic heterocycles. The minimum Gasteiger partial charge on any atom is -0.404 e. The van der Waals surface area contributed by atoms with Crippen LogP contribution in [0.15, 0.2) is 10.8 Å². The van der Waals surface area contributed by atoms with Crippen LogP contribution in [0, 0.1) is 0 Å². The average molecular weight is 320 g/mol. The average Bonchev–Trinajstić information content (AvgIpc) is 2.15. The van der Waals surface area contributed by atoms with Crippen LogP contribution in [0.1, 0.15) is 22.3 Å². The first kappa shape index (κ1) is 13.8. The van der Waals surface area contributed by atoms with Gasteiger partial charge >= 0.3 is 6.36 Å². The Morgan fingerprint density at radius 1 is 1.41 bits per heavy atom. The van der Waals surface area contributed by atoms with Crippen LogP contribution >= 0.6 is 15.9 Å². The molecule has 94 valence electrons. The molecule has 0 fully saturated rings. The number of ether oxygens (including phenoxy) is 1. The normalized spacial score (nSPS) is 11.7. The number of carbonyl (C=O) groups is 1. The van der Waals surface area contributed by atoms with Crippen LogP contribution in [0.3, 0.4) is 0 Å². The number of hydrogen-bond donors (Lipinski definition) is 0. The van der Waals surface area contributed by atoms with Gasteiger partial charge in [-0.1, -0.05) is 0 Å². The molecule has 1 aromatic heterocycles. The minimum atomic E-state index is -5.18. The fourth-order valence-electron chi connectivity index (χ4n) is 0.991. The highest BCUT2D eigenvalue weighted by molar-refractivity contribution is 9.10. The predicted molar refractivity (Wildman–Crippen MR) is 49.0 cm³/mol. The van der Waals surface area contributed by atoms with Crippen LogP contribution in [0.5, 0.6) is 5.75 Å². The molecule has 0 atom stereocenters. The molecular formula is C8H3BrF5NO2. The zero-order valence-electron chi connectivity index (χ0n) is 7.76. The molecule has 0 radical (unpaired) electrons. The maximum Gasteiger partial charge on any atom is 0.573 e. The third kappa shape index (κ3) is 3.35. The maximum absolute atomic E-state index is 12.4. The molecule has 1 heterocycles. The van der Waals surface area contributed by atoms with Gasteiger partial charge < -0.3 is 4.74 Å². The van der Waals surface area contributed by atoms with Gasteiger partial charge in [-0.2, -0.15) is 0 Å². The molecule has 0 aromatic carbocycles. The molecule has 17 heavy (non-hydrogen) atoms. The Balaban J connectivity index is 3.39. The van der Waals surface area contributed by atoms with E-state index in [0.717, 1.165) is 0 Å². The van der Waals surface area contributed by atoms with E-state index in [0.29, 0.717) is 6.20 Å². The predicted octanol–water partition coefficient (Wildman–Crippen LogP) is 3.49. The molecule has 0 saturated heterocycles. The smallest absolute Gasteiger partial charge is 0.404 e. The first-order chi connectivity index (χ1) is 7.76. The van der Waals surface area contributed by atoms with Gasteiger partial charge in [0.1, 0.15) is 4.60 Å². The third-order valence-corrected chi connectivity index (χ3v) is 2.25. The summed E-state index contributed by atoms with van der Waals surface area (Å²) in [6.07, 6.45) is -7.97. The van der Waals surface area contributed by atoms with Crippen molar-refractivity contribution in [3.05, 3.63) is 21.9 Å². The van der Waals surface area contributed by atoms with Gasteiger partial charge in [-0.15, -0.1) is 13.2 Å². The number of halogens is 6. The molecule has 1 aromatic rings. The van der Waals surface area contributed by atoms with E-state index in [1.54, 1.807) is 0 Å². The van der Waals surface area contributed by atoms with Gasteiger partial charge in [0.05, 0.1) is 11.1 Å². The van der Waals surface area contributed by atoms with Crippen LogP contribution in [0.4, 0.5) is 22.0 Å². The van der Waals surface area contributed by atoms with E-state index in [-0.39, 0.29) is 10.9 Å². The molecular weight excluding hydrogens is 317 g/mol. The summed E-state index contributed by atoms with van der Waals surface area (Å²) in [6, 6.07) is 0. The molecule has 0 N–H and O–H groups in total. The van der Waals surface area contributed by atoms with E-state index >= 15 is 0 Å². The zero-order valence-corrected chi connectivity index (χ0v) is 9.35. The van der Waals surface area contributed by atoms with Gasteiger partial charge in [-0.05, 0) is 15.9 Å². The molecule has 0 unspecified atom stereocenters. The summed E-state index contributed by atoms with van der Waals surface area (Å²) in [5.41, 5.74) is -1.83. The monoisotopic (exact) mass is 319 g/mol. The van der Waals surface area contributed by atoms with E-state index in [1.165, 1.54) is 0 Å². The van der Waals surface area contributed by atoms with Crippen molar-refractivity contribution in [1.82, 2.24) is 4.98 Å². The van der Waals surface area contributed by atoms with Gasteiger partial charge in [-0.25, -0.2) is 13.8 Å². The Bertz CT molecular complexity index is 435. The summed E-state index contributed by atoms with van der Waals surface area (Å²) in [5.74, 6) is -1.25. The number of aldehydes is 1. The molecule has 0 aliphatic carbocycles. The van der Waals surface area contributed by atoms with Crippen molar-refractivity contribution in [3.63, 3.8) is 0 Å². The number of hydrogen-bond acceptors (Lipinski definition) is 3.